The van der Waals surface area contributed by atoms with Crippen LogP contribution in [0.15, 0.2) is 47.6 Å². The number of nitrogens with one attached hydrogen (secondary N) is 3. The molecule has 0 spiro atoms. The van der Waals surface area contributed by atoms with Gasteiger partial charge in [-0.2, -0.15) is 20.1 Å². The molecule has 3 aromatic rings. The zero-order chi connectivity index (χ0) is 20.6. The number of halogens is 1. The summed E-state index contributed by atoms with van der Waals surface area (Å²) in [7, 11) is 1.71. The molecule has 0 saturated heterocycles. The lowest BCUT2D eigenvalue weighted by molar-refractivity contribution is 0.318. The highest BCUT2D eigenvalue weighted by Crippen LogP contribution is 2.34. The Kier molecular flexibility index (Phi) is 6.64. The number of hydrogen-bond acceptors (Lipinski definition) is 9. The summed E-state index contributed by atoms with van der Waals surface area (Å²) in [5, 5.41) is 20.2. The molecule has 0 aliphatic heterocycles. The molecule has 10 heteroatoms. The Labute approximate surface area is 172 Å². The van der Waals surface area contributed by atoms with Crippen molar-refractivity contribution in [3.63, 3.8) is 0 Å². The van der Waals surface area contributed by atoms with Crippen molar-refractivity contribution in [3.8, 4) is 11.5 Å². The van der Waals surface area contributed by atoms with Crippen molar-refractivity contribution in [1.82, 2.24) is 15.0 Å². The Hall–Kier alpha value is -3.59. The van der Waals surface area contributed by atoms with E-state index in [1.54, 1.807) is 19.2 Å². The lowest BCUT2D eigenvalue weighted by atomic mass is 10.2. The van der Waals surface area contributed by atoms with Gasteiger partial charge < -0.3 is 20.5 Å². The quantitative estimate of drug-likeness (QED) is 0.325. The zero-order valence-electron chi connectivity index (χ0n) is 15.8. The summed E-state index contributed by atoms with van der Waals surface area (Å²) in [5.74, 6) is 1.16. The smallest absolute Gasteiger partial charge is 0.250 e. The Bertz CT molecular complexity index is 999. The Morgan fingerprint density at radius 1 is 1.10 bits per heavy atom. The number of aromatic hydroxyl groups is 1. The third-order valence-corrected chi connectivity index (χ3v) is 3.91. The normalized spacial score (nSPS) is 10.7. The van der Waals surface area contributed by atoms with Crippen LogP contribution in [0.2, 0.25) is 5.02 Å². The SMILES string of the molecule is CCOc1cc(/C=N\Nc2nc(NC)nc(Nc3ccccc3)n2)cc(Cl)c1O. The van der Waals surface area contributed by atoms with Crippen LogP contribution in [0.1, 0.15) is 12.5 Å². The third kappa shape index (κ3) is 5.45. The summed E-state index contributed by atoms with van der Waals surface area (Å²) in [5.41, 5.74) is 4.24. The van der Waals surface area contributed by atoms with Crippen molar-refractivity contribution in [1.29, 1.82) is 0 Å². The van der Waals surface area contributed by atoms with Crippen LogP contribution in [0, 0.1) is 0 Å². The number of rotatable bonds is 8. The van der Waals surface area contributed by atoms with Gasteiger partial charge in [-0.1, -0.05) is 29.8 Å². The highest BCUT2D eigenvalue weighted by atomic mass is 35.5. The second-order valence-electron chi connectivity index (χ2n) is 5.70. The van der Waals surface area contributed by atoms with Gasteiger partial charge in [0, 0.05) is 12.7 Å². The van der Waals surface area contributed by atoms with E-state index in [0.29, 0.717) is 24.1 Å². The van der Waals surface area contributed by atoms with Crippen LogP contribution in [0.25, 0.3) is 0 Å². The molecule has 0 amide bonds. The van der Waals surface area contributed by atoms with Gasteiger partial charge in [-0.15, -0.1) is 0 Å². The number of aromatic nitrogens is 3. The van der Waals surface area contributed by atoms with Gasteiger partial charge in [-0.25, -0.2) is 5.43 Å². The van der Waals surface area contributed by atoms with Crippen LogP contribution in [-0.4, -0.2) is 39.9 Å². The summed E-state index contributed by atoms with van der Waals surface area (Å²) in [6, 6.07) is 12.7. The molecule has 0 aliphatic carbocycles. The minimum Gasteiger partial charge on any atom is -0.503 e. The zero-order valence-corrected chi connectivity index (χ0v) is 16.6. The summed E-state index contributed by atoms with van der Waals surface area (Å²) in [6.07, 6.45) is 1.51. The van der Waals surface area contributed by atoms with Gasteiger partial charge in [0.1, 0.15) is 0 Å². The molecule has 0 saturated carbocycles. The van der Waals surface area contributed by atoms with Crippen LogP contribution < -0.4 is 20.8 Å². The first-order valence-corrected chi connectivity index (χ1v) is 9.17. The molecule has 1 heterocycles. The molecule has 0 fully saturated rings. The van der Waals surface area contributed by atoms with E-state index in [2.05, 4.69) is 36.1 Å². The first-order chi connectivity index (χ1) is 14.1. The van der Waals surface area contributed by atoms with E-state index in [4.69, 9.17) is 16.3 Å². The number of phenols is 1. The van der Waals surface area contributed by atoms with Crippen LogP contribution in [-0.2, 0) is 0 Å². The highest BCUT2D eigenvalue weighted by Gasteiger charge is 2.09. The van der Waals surface area contributed by atoms with Gasteiger partial charge in [0.15, 0.2) is 11.5 Å². The maximum atomic E-state index is 9.91. The maximum Gasteiger partial charge on any atom is 0.250 e. The van der Waals surface area contributed by atoms with Crippen molar-refractivity contribution in [2.45, 2.75) is 6.92 Å². The minimum atomic E-state index is -0.105. The third-order valence-electron chi connectivity index (χ3n) is 3.62. The molecule has 2 aromatic carbocycles. The van der Waals surface area contributed by atoms with E-state index in [1.165, 1.54) is 6.21 Å². The first kappa shape index (κ1) is 20.2. The standard InChI is InChI=1S/C19H20ClN7O2/c1-3-29-15-10-12(9-14(20)16(15)28)11-22-27-19-25-17(21-2)24-18(26-19)23-13-7-5-4-6-8-13/h4-11,28H,3H2,1-2H3,(H3,21,23,24,25,26,27)/b22-11-. The van der Waals surface area contributed by atoms with E-state index in [0.717, 1.165) is 5.69 Å². The average molecular weight is 414 g/mol. The predicted molar refractivity (Wildman–Crippen MR) is 115 cm³/mol. The average Bonchev–Trinajstić information content (AvgIpc) is 2.72. The topological polar surface area (TPSA) is 117 Å². The lowest BCUT2D eigenvalue weighted by Crippen LogP contribution is -2.07. The highest BCUT2D eigenvalue weighted by molar-refractivity contribution is 6.32. The fourth-order valence-electron chi connectivity index (χ4n) is 2.34. The van der Waals surface area contributed by atoms with Gasteiger partial charge in [-0.3, -0.25) is 0 Å². The van der Waals surface area contributed by atoms with Crippen LogP contribution in [0.5, 0.6) is 11.5 Å². The molecule has 0 unspecified atom stereocenters. The number of anilines is 4. The Morgan fingerprint density at radius 3 is 2.55 bits per heavy atom. The number of benzene rings is 2. The molecule has 0 aliphatic rings. The van der Waals surface area contributed by atoms with Gasteiger partial charge in [0.05, 0.1) is 17.8 Å². The van der Waals surface area contributed by atoms with E-state index in [-0.39, 0.29) is 22.5 Å². The molecule has 150 valence electrons. The van der Waals surface area contributed by atoms with Gasteiger partial charge in [0.2, 0.25) is 17.8 Å². The second kappa shape index (κ2) is 9.56. The minimum absolute atomic E-state index is 0.105. The van der Waals surface area contributed by atoms with Crippen molar-refractivity contribution >= 4 is 41.3 Å². The Morgan fingerprint density at radius 2 is 1.83 bits per heavy atom. The molecule has 29 heavy (non-hydrogen) atoms. The molecular weight excluding hydrogens is 394 g/mol. The number of hydrogen-bond donors (Lipinski definition) is 4. The number of para-hydroxylation sites is 1. The lowest BCUT2D eigenvalue weighted by Gasteiger charge is -2.09. The predicted octanol–water partition coefficient (Wildman–Crippen LogP) is 3.86. The van der Waals surface area contributed by atoms with Crippen molar-refractivity contribution in [3.05, 3.63) is 53.1 Å². The van der Waals surface area contributed by atoms with Gasteiger partial charge >= 0.3 is 0 Å². The van der Waals surface area contributed by atoms with Gasteiger partial charge in [0.25, 0.3) is 0 Å². The summed E-state index contributed by atoms with van der Waals surface area (Å²) in [4.78, 5) is 12.8. The number of ether oxygens (including phenoxy) is 1. The molecule has 3 rings (SSSR count). The van der Waals surface area contributed by atoms with E-state index < -0.39 is 0 Å². The monoisotopic (exact) mass is 413 g/mol. The molecule has 0 bridgehead atoms. The molecule has 0 atom stereocenters. The maximum absolute atomic E-state index is 9.91. The number of phenolic OH excluding ortho intramolecular Hbond substituents is 1. The van der Waals surface area contributed by atoms with E-state index in [9.17, 15) is 5.11 Å². The summed E-state index contributed by atoms with van der Waals surface area (Å²) < 4.78 is 5.36. The molecule has 0 radical (unpaired) electrons. The van der Waals surface area contributed by atoms with Crippen LogP contribution in [0.4, 0.5) is 23.5 Å². The number of nitrogens with zero attached hydrogens (tertiary/aromatic N) is 4. The van der Waals surface area contributed by atoms with Crippen molar-refractivity contribution in [2.24, 2.45) is 5.10 Å². The second-order valence-corrected chi connectivity index (χ2v) is 6.11. The van der Waals surface area contributed by atoms with Crippen molar-refractivity contribution in [2.75, 3.05) is 29.7 Å². The molecular formula is C19H20ClN7O2. The van der Waals surface area contributed by atoms with Crippen LogP contribution >= 0.6 is 11.6 Å². The molecule has 1 aromatic heterocycles. The van der Waals surface area contributed by atoms with E-state index in [1.807, 2.05) is 37.3 Å². The van der Waals surface area contributed by atoms with E-state index >= 15 is 0 Å². The summed E-state index contributed by atoms with van der Waals surface area (Å²) in [6.45, 7) is 2.22. The van der Waals surface area contributed by atoms with Gasteiger partial charge in [-0.05, 0) is 36.8 Å². The fraction of sp³-hybridized carbons (Fsp3) is 0.158. The largest absolute Gasteiger partial charge is 0.503 e. The first-order valence-electron chi connectivity index (χ1n) is 8.79. The molecule has 9 nitrogen and oxygen atoms in total. The number of hydrazone groups is 1. The Balaban J connectivity index is 1.77. The molecule has 4 N–H and O–H groups in total. The van der Waals surface area contributed by atoms with Crippen molar-refractivity contribution < 1.29 is 9.84 Å². The fourth-order valence-corrected chi connectivity index (χ4v) is 2.56. The van der Waals surface area contributed by atoms with Crippen LogP contribution in [0.3, 0.4) is 0 Å². The summed E-state index contributed by atoms with van der Waals surface area (Å²) >= 11 is 6.03.